The van der Waals surface area contributed by atoms with Crippen molar-refractivity contribution in [2.24, 2.45) is 0 Å². The van der Waals surface area contributed by atoms with Crippen molar-refractivity contribution >= 4 is 34.2 Å². The van der Waals surface area contributed by atoms with Crippen LogP contribution in [0.15, 0.2) is 59.8 Å². The third-order valence-electron chi connectivity index (χ3n) is 5.43. The molecule has 2 atom stereocenters. The van der Waals surface area contributed by atoms with E-state index < -0.39 is 0 Å². The van der Waals surface area contributed by atoms with Crippen LogP contribution in [0.4, 0.5) is 0 Å². The fraction of sp³-hybridized carbons (Fsp3) is 0.304. The van der Waals surface area contributed by atoms with Crippen molar-refractivity contribution in [1.82, 2.24) is 24.9 Å². The quantitative estimate of drug-likeness (QED) is 0.467. The summed E-state index contributed by atoms with van der Waals surface area (Å²) < 4.78 is 7.55. The molecule has 0 bridgehead atoms. The second-order valence-electron chi connectivity index (χ2n) is 7.60. The molecule has 8 heteroatoms. The van der Waals surface area contributed by atoms with Gasteiger partial charge in [-0.15, -0.1) is 10.2 Å². The van der Waals surface area contributed by atoms with E-state index in [1.165, 1.54) is 11.8 Å². The number of carbonyl (C=O) groups is 1. The fourth-order valence-corrected chi connectivity index (χ4v) is 4.66. The number of aromatic nitrogens is 4. The molecule has 1 fully saturated rings. The molecule has 7 nitrogen and oxygen atoms in total. The summed E-state index contributed by atoms with van der Waals surface area (Å²) in [4.78, 5) is 17.6. The summed E-state index contributed by atoms with van der Waals surface area (Å²) in [5.41, 5.74) is 2.56. The number of para-hydroxylation sites is 1. The average molecular weight is 434 g/mol. The van der Waals surface area contributed by atoms with E-state index in [-0.39, 0.29) is 17.3 Å². The van der Waals surface area contributed by atoms with Gasteiger partial charge in [0.2, 0.25) is 5.91 Å². The molecular formula is C23H23N5O2S. The van der Waals surface area contributed by atoms with Gasteiger partial charge >= 0.3 is 0 Å². The highest BCUT2D eigenvalue weighted by Crippen LogP contribution is 2.30. The van der Waals surface area contributed by atoms with Gasteiger partial charge in [-0.3, -0.25) is 9.20 Å². The smallest absolute Gasteiger partial charge is 0.233 e. The Morgan fingerprint density at radius 3 is 2.81 bits per heavy atom. The molecule has 0 saturated carbocycles. The molecule has 1 saturated heterocycles. The number of thioether (sulfide) groups is 1. The number of nitrogens with one attached hydrogen (secondary N) is 1. The average Bonchev–Trinajstić information content (AvgIpc) is 3.48. The zero-order valence-electron chi connectivity index (χ0n) is 17.2. The van der Waals surface area contributed by atoms with Gasteiger partial charge in [0.15, 0.2) is 10.8 Å². The molecule has 2 aromatic carbocycles. The number of ether oxygens (including phenoxy) is 1. The van der Waals surface area contributed by atoms with Crippen LogP contribution >= 0.6 is 11.8 Å². The number of fused-ring (bicyclic) bond motifs is 3. The van der Waals surface area contributed by atoms with Crippen LogP contribution in [0.5, 0.6) is 0 Å². The maximum atomic E-state index is 12.7. The molecule has 158 valence electrons. The summed E-state index contributed by atoms with van der Waals surface area (Å²) in [5, 5.41) is 13.1. The van der Waals surface area contributed by atoms with E-state index in [9.17, 15) is 4.79 Å². The van der Waals surface area contributed by atoms with Gasteiger partial charge in [-0.05, 0) is 31.9 Å². The minimum Gasteiger partial charge on any atom is -0.376 e. The Morgan fingerprint density at radius 2 is 2.00 bits per heavy atom. The van der Waals surface area contributed by atoms with E-state index in [1.54, 1.807) is 0 Å². The number of benzene rings is 2. The largest absolute Gasteiger partial charge is 0.376 e. The number of rotatable bonds is 6. The van der Waals surface area contributed by atoms with Crippen molar-refractivity contribution in [3.8, 4) is 11.4 Å². The second kappa shape index (κ2) is 8.64. The Bertz CT molecular complexity index is 1220. The lowest BCUT2D eigenvalue weighted by molar-refractivity contribution is -0.120. The first-order valence-corrected chi connectivity index (χ1v) is 11.3. The molecule has 2 aromatic heterocycles. The maximum absolute atomic E-state index is 12.7. The van der Waals surface area contributed by atoms with Crippen LogP contribution in [-0.4, -0.2) is 50.0 Å². The molecule has 1 aliphatic heterocycles. The van der Waals surface area contributed by atoms with E-state index in [4.69, 9.17) is 9.72 Å². The van der Waals surface area contributed by atoms with Crippen molar-refractivity contribution < 1.29 is 9.53 Å². The van der Waals surface area contributed by atoms with Crippen LogP contribution in [0.1, 0.15) is 19.8 Å². The van der Waals surface area contributed by atoms with E-state index in [1.807, 2.05) is 65.9 Å². The first-order chi connectivity index (χ1) is 15.2. The molecule has 0 unspecified atom stereocenters. The van der Waals surface area contributed by atoms with Crippen molar-refractivity contribution in [3.63, 3.8) is 0 Å². The predicted octanol–water partition coefficient (Wildman–Crippen LogP) is 3.72. The van der Waals surface area contributed by atoms with Gasteiger partial charge in [0.25, 0.3) is 0 Å². The van der Waals surface area contributed by atoms with Gasteiger partial charge in [0.05, 0.1) is 16.9 Å². The molecule has 0 spiro atoms. The lowest BCUT2D eigenvalue weighted by Crippen LogP contribution is -2.36. The van der Waals surface area contributed by atoms with Crippen LogP contribution in [0.25, 0.3) is 27.9 Å². The maximum Gasteiger partial charge on any atom is 0.233 e. The first kappa shape index (κ1) is 20.0. The molecule has 3 heterocycles. The van der Waals surface area contributed by atoms with Crippen molar-refractivity contribution in [2.75, 3.05) is 13.2 Å². The topological polar surface area (TPSA) is 81.4 Å². The minimum absolute atomic E-state index is 0.0349. The number of carbonyl (C=O) groups excluding carboxylic acids is 1. The molecule has 1 aliphatic rings. The van der Waals surface area contributed by atoms with Gasteiger partial charge in [-0.2, -0.15) is 0 Å². The zero-order valence-corrected chi connectivity index (χ0v) is 18.0. The summed E-state index contributed by atoms with van der Waals surface area (Å²) in [6.07, 6.45) is 2.17. The van der Waals surface area contributed by atoms with Crippen molar-refractivity contribution in [1.29, 1.82) is 0 Å². The molecule has 1 N–H and O–H groups in total. The summed E-state index contributed by atoms with van der Waals surface area (Å²) in [5.74, 6) is 0.723. The summed E-state index contributed by atoms with van der Waals surface area (Å²) in [6, 6.07) is 17.9. The summed E-state index contributed by atoms with van der Waals surface area (Å²) in [7, 11) is 0. The Balaban J connectivity index is 1.49. The van der Waals surface area contributed by atoms with Gasteiger partial charge < -0.3 is 10.1 Å². The molecule has 31 heavy (non-hydrogen) atoms. The lowest BCUT2D eigenvalue weighted by atomic mass is 10.2. The first-order valence-electron chi connectivity index (χ1n) is 10.5. The number of nitrogens with zero attached hydrogens (tertiary/aromatic N) is 4. The highest BCUT2D eigenvalue weighted by atomic mass is 32.2. The number of amides is 1. The highest BCUT2D eigenvalue weighted by molar-refractivity contribution is 8.00. The number of hydrogen-bond acceptors (Lipinski definition) is 6. The third kappa shape index (κ3) is 4.00. The lowest BCUT2D eigenvalue weighted by Gasteiger charge is -2.15. The van der Waals surface area contributed by atoms with Gasteiger partial charge in [-0.1, -0.05) is 54.2 Å². The molecule has 4 aromatic rings. The van der Waals surface area contributed by atoms with Crippen LogP contribution in [-0.2, 0) is 9.53 Å². The monoisotopic (exact) mass is 433 g/mol. The Morgan fingerprint density at radius 1 is 1.19 bits per heavy atom. The third-order valence-corrected chi connectivity index (χ3v) is 6.47. The van der Waals surface area contributed by atoms with E-state index in [2.05, 4.69) is 15.5 Å². The second-order valence-corrected chi connectivity index (χ2v) is 8.91. The standard InChI is InChI=1S/C23H23N5O2S/c1-15(22(29)24-14-17-10-7-13-30-17)31-23-27-26-21-18-11-5-6-12-19(18)25-20(28(21)23)16-8-3-2-4-9-16/h2-6,8-9,11-12,15,17H,7,10,13-14H2,1H3,(H,24,29)/t15-,17+/m1/s1. The van der Waals surface area contributed by atoms with Crippen LogP contribution in [0.3, 0.4) is 0 Å². The SMILES string of the molecule is C[C@@H](Sc1nnc2c3ccccc3nc(-c3ccccc3)n12)C(=O)NC[C@@H]1CCCO1. The van der Waals surface area contributed by atoms with E-state index in [0.717, 1.165) is 47.4 Å². The van der Waals surface area contributed by atoms with Crippen LogP contribution in [0, 0.1) is 0 Å². The minimum atomic E-state index is -0.330. The molecule has 0 aliphatic carbocycles. The summed E-state index contributed by atoms with van der Waals surface area (Å²) >= 11 is 1.38. The van der Waals surface area contributed by atoms with E-state index in [0.29, 0.717) is 11.7 Å². The van der Waals surface area contributed by atoms with Crippen molar-refractivity contribution in [3.05, 3.63) is 54.6 Å². The molecular weight excluding hydrogens is 410 g/mol. The number of hydrogen-bond donors (Lipinski definition) is 1. The Hall–Kier alpha value is -2.97. The normalized spacial score (nSPS) is 17.3. The molecule has 5 rings (SSSR count). The summed E-state index contributed by atoms with van der Waals surface area (Å²) in [6.45, 7) is 3.21. The van der Waals surface area contributed by atoms with Crippen molar-refractivity contribution in [2.45, 2.75) is 36.3 Å². The molecule has 0 radical (unpaired) electrons. The molecule has 1 amide bonds. The van der Waals surface area contributed by atoms with Gasteiger partial charge in [0, 0.05) is 24.1 Å². The fourth-order valence-electron chi connectivity index (χ4n) is 3.79. The zero-order chi connectivity index (χ0) is 21.2. The predicted molar refractivity (Wildman–Crippen MR) is 121 cm³/mol. The van der Waals surface area contributed by atoms with Crippen LogP contribution in [0.2, 0.25) is 0 Å². The highest BCUT2D eigenvalue weighted by Gasteiger charge is 2.23. The van der Waals surface area contributed by atoms with Crippen LogP contribution < -0.4 is 5.32 Å². The van der Waals surface area contributed by atoms with Gasteiger partial charge in [-0.25, -0.2) is 4.98 Å². The van der Waals surface area contributed by atoms with Gasteiger partial charge in [0.1, 0.15) is 5.82 Å². The Labute approximate surface area is 184 Å². The Kier molecular flexibility index (Phi) is 5.57. The van der Waals surface area contributed by atoms with E-state index >= 15 is 0 Å².